The van der Waals surface area contributed by atoms with Crippen LogP contribution in [-0.4, -0.2) is 52.1 Å². The Morgan fingerprint density at radius 3 is 2.88 bits per heavy atom. The van der Waals surface area contributed by atoms with Gasteiger partial charge in [-0.05, 0) is 62.6 Å². The second kappa shape index (κ2) is 4.49. The van der Waals surface area contributed by atoms with Crippen molar-refractivity contribution < 1.29 is 19.3 Å². The van der Waals surface area contributed by atoms with Gasteiger partial charge >= 0.3 is 0 Å². The number of rotatable bonds is 2. The first kappa shape index (κ1) is 14.8. The number of hydrogen-bond donors (Lipinski definition) is 2. The molecule has 25 heavy (non-hydrogen) atoms. The molecule has 2 saturated carbocycles. The number of halogens is 1. The van der Waals surface area contributed by atoms with Crippen LogP contribution in [0.2, 0.25) is 0 Å². The number of alkyl halides is 1. The predicted octanol–water partition coefficient (Wildman–Crippen LogP) is 2.29. The molecule has 1 aromatic rings. The molecule has 2 aliphatic heterocycles. The Morgan fingerprint density at radius 2 is 2.08 bits per heavy atom. The molecule has 0 radical (unpaired) electrons. The highest BCUT2D eigenvalue weighted by Crippen LogP contribution is 2.65. The SMILES string of the molecule is Oc1ccc2c3c1O[C@H]1[C@H](F)CC[C@@]4(O)[C@@H](C2)N(CC2CC2)CC[C@]314. The molecule has 0 amide bonds. The molecule has 1 saturated heterocycles. The van der Waals surface area contributed by atoms with Crippen LogP contribution in [0.4, 0.5) is 4.39 Å². The first-order chi connectivity index (χ1) is 12.0. The molecule has 1 spiro atoms. The van der Waals surface area contributed by atoms with Gasteiger partial charge in [-0.1, -0.05) is 6.07 Å². The van der Waals surface area contributed by atoms with E-state index >= 15 is 0 Å². The second-order valence-electron chi connectivity index (χ2n) is 8.84. The lowest BCUT2D eigenvalue weighted by Crippen LogP contribution is -2.76. The van der Waals surface area contributed by atoms with E-state index in [0.29, 0.717) is 25.0 Å². The van der Waals surface area contributed by atoms with Gasteiger partial charge in [-0.25, -0.2) is 4.39 Å². The molecular formula is C20H24FNO3. The fourth-order valence-corrected chi connectivity index (χ4v) is 6.42. The Morgan fingerprint density at radius 1 is 1.24 bits per heavy atom. The lowest BCUT2D eigenvalue weighted by Gasteiger charge is -2.63. The fourth-order valence-electron chi connectivity index (χ4n) is 6.42. The van der Waals surface area contributed by atoms with Crippen LogP contribution in [-0.2, 0) is 11.8 Å². The molecule has 134 valence electrons. The molecule has 6 rings (SSSR count). The standard InChI is InChI=1S/C20H24FNO3/c21-13-5-6-20(24)15-9-12-3-4-14(23)17-16(12)19(20,18(13)25-17)7-8-22(15)10-11-1-2-11/h3-4,11,13,15,18,23-24H,1-2,5-10H2/t13-,15-,18+,19+,20-/m1/s1. The summed E-state index contributed by atoms with van der Waals surface area (Å²) in [4.78, 5) is 2.46. The number of aliphatic hydroxyl groups is 1. The molecule has 2 heterocycles. The van der Waals surface area contributed by atoms with Gasteiger partial charge in [0.25, 0.3) is 0 Å². The van der Waals surface area contributed by atoms with Gasteiger partial charge in [-0.3, -0.25) is 4.90 Å². The summed E-state index contributed by atoms with van der Waals surface area (Å²) in [6.07, 6.45) is 3.11. The van der Waals surface area contributed by atoms with E-state index in [1.807, 2.05) is 6.07 Å². The van der Waals surface area contributed by atoms with E-state index in [1.54, 1.807) is 6.07 Å². The number of phenols is 1. The molecule has 1 aromatic carbocycles. The summed E-state index contributed by atoms with van der Waals surface area (Å²) in [6.45, 7) is 1.93. The lowest BCUT2D eigenvalue weighted by atomic mass is 9.49. The highest BCUT2D eigenvalue weighted by Gasteiger charge is 2.73. The van der Waals surface area contributed by atoms with Crippen molar-refractivity contribution in [2.24, 2.45) is 5.92 Å². The third-order valence-electron chi connectivity index (χ3n) is 7.69. The van der Waals surface area contributed by atoms with Gasteiger partial charge in [0, 0.05) is 18.2 Å². The zero-order valence-electron chi connectivity index (χ0n) is 14.2. The number of ether oxygens (including phenoxy) is 1. The number of phenolic OH excluding ortho intramolecular Hbond substituents is 1. The molecule has 0 unspecified atom stereocenters. The number of piperidine rings is 1. The average molecular weight is 345 g/mol. The number of nitrogens with zero attached hydrogens (tertiary/aromatic N) is 1. The summed E-state index contributed by atoms with van der Waals surface area (Å²) >= 11 is 0. The largest absolute Gasteiger partial charge is 0.504 e. The van der Waals surface area contributed by atoms with Gasteiger partial charge in [0.1, 0.15) is 12.3 Å². The van der Waals surface area contributed by atoms with Crippen LogP contribution in [0, 0.1) is 5.92 Å². The van der Waals surface area contributed by atoms with Gasteiger partial charge in [0.05, 0.1) is 11.0 Å². The highest BCUT2D eigenvalue weighted by atomic mass is 19.1. The number of benzene rings is 1. The molecule has 5 heteroatoms. The van der Waals surface area contributed by atoms with Crippen molar-refractivity contribution in [3.05, 3.63) is 23.3 Å². The van der Waals surface area contributed by atoms with E-state index in [2.05, 4.69) is 4.90 Å². The Labute approximate surface area is 146 Å². The van der Waals surface area contributed by atoms with Crippen LogP contribution in [0.25, 0.3) is 0 Å². The van der Waals surface area contributed by atoms with Crippen molar-refractivity contribution in [3.63, 3.8) is 0 Å². The fraction of sp³-hybridized carbons (Fsp3) is 0.700. The van der Waals surface area contributed by atoms with E-state index in [-0.39, 0.29) is 11.8 Å². The van der Waals surface area contributed by atoms with Crippen LogP contribution < -0.4 is 4.74 Å². The molecule has 5 aliphatic rings. The quantitative estimate of drug-likeness (QED) is 0.864. The lowest BCUT2D eigenvalue weighted by molar-refractivity contribution is -0.199. The van der Waals surface area contributed by atoms with Crippen molar-refractivity contribution in [2.75, 3.05) is 13.1 Å². The van der Waals surface area contributed by atoms with Crippen LogP contribution in [0.3, 0.4) is 0 Å². The van der Waals surface area contributed by atoms with Crippen LogP contribution in [0.1, 0.15) is 43.2 Å². The van der Waals surface area contributed by atoms with Crippen molar-refractivity contribution in [3.8, 4) is 11.5 Å². The van der Waals surface area contributed by atoms with Crippen molar-refractivity contribution in [1.29, 1.82) is 0 Å². The van der Waals surface area contributed by atoms with E-state index < -0.39 is 23.3 Å². The Kier molecular flexibility index (Phi) is 2.66. The summed E-state index contributed by atoms with van der Waals surface area (Å²) in [5.74, 6) is 1.28. The summed E-state index contributed by atoms with van der Waals surface area (Å²) in [5, 5.41) is 22.3. The summed E-state index contributed by atoms with van der Waals surface area (Å²) < 4.78 is 20.9. The molecule has 2 N–H and O–H groups in total. The van der Waals surface area contributed by atoms with Crippen LogP contribution in [0.15, 0.2) is 12.1 Å². The third-order valence-corrected chi connectivity index (χ3v) is 7.69. The Bertz CT molecular complexity index is 766. The van der Waals surface area contributed by atoms with Crippen LogP contribution >= 0.6 is 0 Å². The monoisotopic (exact) mass is 345 g/mol. The van der Waals surface area contributed by atoms with Gasteiger partial charge in [-0.15, -0.1) is 0 Å². The first-order valence-corrected chi connectivity index (χ1v) is 9.67. The van der Waals surface area contributed by atoms with Crippen molar-refractivity contribution in [2.45, 2.75) is 67.9 Å². The molecule has 0 aromatic heterocycles. The van der Waals surface area contributed by atoms with Crippen molar-refractivity contribution in [1.82, 2.24) is 4.90 Å². The Balaban J connectivity index is 1.57. The smallest absolute Gasteiger partial charge is 0.165 e. The average Bonchev–Trinajstić information content (AvgIpc) is 3.32. The number of likely N-dealkylation sites (tertiary alicyclic amines) is 1. The van der Waals surface area contributed by atoms with Crippen LogP contribution in [0.5, 0.6) is 11.5 Å². The maximum Gasteiger partial charge on any atom is 0.165 e. The van der Waals surface area contributed by atoms with E-state index in [0.717, 1.165) is 36.6 Å². The zero-order chi connectivity index (χ0) is 17.0. The normalized spacial score (nSPS) is 44.3. The molecule has 4 nitrogen and oxygen atoms in total. The summed E-state index contributed by atoms with van der Waals surface area (Å²) in [6, 6.07) is 3.65. The molecular weight excluding hydrogens is 321 g/mol. The number of aromatic hydroxyl groups is 1. The van der Waals surface area contributed by atoms with E-state index in [1.165, 1.54) is 12.8 Å². The van der Waals surface area contributed by atoms with Gasteiger partial charge in [0.15, 0.2) is 11.5 Å². The second-order valence-corrected chi connectivity index (χ2v) is 8.84. The predicted molar refractivity (Wildman–Crippen MR) is 89.7 cm³/mol. The van der Waals surface area contributed by atoms with Gasteiger partial charge in [-0.2, -0.15) is 0 Å². The van der Waals surface area contributed by atoms with Gasteiger partial charge < -0.3 is 14.9 Å². The van der Waals surface area contributed by atoms with Crippen molar-refractivity contribution >= 4 is 0 Å². The minimum Gasteiger partial charge on any atom is -0.504 e. The first-order valence-electron chi connectivity index (χ1n) is 9.67. The topological polar surface area (TPSA) is 52.9 Å². The minimum absolute atomic E-state index is 0.0310. The molecule has 3 aliphatic carbocycles. The minimum atomic E-state index is -1.09. The third kappa shape index (κ3) is 1.61. The van der Waals surface area contributed by atoms with E-state index in [4.69, 9.17) is 4.74 Å². The molecule has 3 fully saturated rings. The summed E-state index contributed by atoms with van der Waals surface area (Å²) in [5.41, 5.74) is 0.375. The summed E-state index contributed by atoms with van der Waals surface area (Å²) in [7, 11) is 0. The zero-order valence-corrected chi connectivity index (χ0v) is 14.2. The molecule has 5 atom stereocenters. The molecule has 2 bridgehead atoms. The Hall–Kier alpha value is -1.33. The maximum absolute atomic E-state index is 14.9. The van der Waals surface area contributed by atoms with Gasteiger partial charge in [0.2, 0.25) is 0 Å². The van der Waals surface area contributed by atoms with E-state index in [9.17, 15) is 14.6 Å². The number of hydrogen-bond acceptors (Lipinski definition) is 4. The highest BCUT2D eigenvalue weighted by molar-refractivity contribution is 5.62. The maximum atomic E-state index is 14.9.